The van der Waals surface area contributed by atoms with Gasteiger partial charge in [-0.15, -0.1) is 0 Å². The lowest BCUT2D eigenvalue weighted by Gasteiger charge is -2.06. The van der Waals surface area contributed by atoms with Crippen LogP contribution in [0, 0.1) is 6.92 Å². The van der Waals surface area contributed by atoms with Crippen LogP contribution in [0.5, 0.6) is 0 Å². The molecule has 0 saturated carbocycles. The summed E-state index contributed by atoms with van der Waals surface area (Å²) in [5.41, 5.74) is 14.9. The number of pyridine rings is 1. The largest absolute Gasteiger partial charge is 0.383 e. The summed E-state index contributed by atoms with van der Waals surface area (Å²) in [5, 5.41) is 0. The molecule has 4 N–H and O–H groups in total. The van der Waals surface area contributed by atoms with Gasteiger partial charge in [-0.3, -0.25) is 0 Å². The number of rotatable bonds is 0. The Kier molecular flexibility index (Phi) is 1.54. The van der Waals surface area contributed by atoms with Crippen LogP contribution >= 0.6 is 0 Å². The molecule has 0 spiro atoms. The van der Waals surface area contributed by atoms with Gasteiger partial charge in [-0.2, -0.15) is 0 Å². The van der Waals surface area contributed by atoms with E-state index < -0.39 is 0 Å². The molecular weight excluding hydrogens is 150 g/mol. The van der Waals surface area contributed by atoms with Gasteiger partial charge in [-0.05, 0) is 37.0 Å². The quantitative estimate of drug-likeness (QED) is 0.597. The van der Waals surface area contributed by atoms with Crippen LogP contribution in [-0.4, -0.2) is 4.98 Å². The van der Waals surface area contributed by atoms with Crippen LogP contribution in [-0.2, 0) is 6.42 Å². The molecule has 3 heteroatoms. The van der Waals surface area contributed by atoms with Crippen molar-refractivity contribution in [3.8, 4) is 0 Å². The van der Waals surface area contributed by atoms with Crippen LogP contribution in [0.2, 0.25) is 0 Å². The minimum Gasteiger partial charge on any atom is -0.383 e. The van der Waals surface area contributed by atoms with Crippen molar-refractivity contribution in [3.63, 3.8) is 0 Å². The van der Waals surface area contributed by atoms with E-state index in [0.29, 0.717) is 5.82 Å². The Morgan fingerprint density at radius 2 is 2.33 bits per heavy atom. The van der Waals surface area contributed by atoms with E-state index in [1.165, 1.54) is 5.56 Å². The molecule has 12 heavy (non-hydrogen) atoms. The molecule has 1 atom stereocenters. The van der Waals surface area contributed by atoms with Crippen LogP contribution < -0.4 is 11.5 Å². The Bertz CT molecular complexity index is 320. The standard InChI is InChI=1S/C9H13N3/c1-5-4-6-7(10)2-3-8(6)12-9(5)11/h4,7H,2-3,10H2,1H3,(H2,11,12). The highest BCUT2D eigenvalue weighted by Gasteiger charge is 2.20. The number of aryl methyl sites for hydroxylation is 2. The number of nitrogens with zero attached hydrogens (tertiary/aromatic N) is 1. The van der Waals surface area contributed by atoms with E-state index in [4.69, 9.17) is 11.5 Å². The van der Waals surface area contributed by atoms with Gasteiger partial charge in [0.1, 0.15) is 5.82 Å². The second-order valence-electron chi connectivity index (χ2n) is 3.37. The molecule has 1 aromatic heterocycles. The van der Waals surface area contributed by atoms with Crippen molar-refractivity contribution < 1.29 is 0 Å². The van der Waals surface area contributed by atoms with Gasteiger partial charge < -0.3 is 11.5 Å². The van der Waals surface area contributed by atoms with Gasteiger partial charge >= 0.3 is 0 Å². The van der Waals surface area contributed by atoms with Crippen molar-refractivity contribution in [3.05, 3.63) is 22.9 Å². The molecule has 0 fully saturated rings. The maximum atomic E-state index is 5.88. The van der Waals surface area contributed by atoms with Crippen LogP contribution in [0.1, 0.15) is 29.3 Å². The number of anilines is 1. The SMILES string of the molecule is Cc1cc2c(nc1N)CCC2N. The maximum Gasteiger partial charge on any atom is 0.126 e. The Morgan fingerprint density at radius 3 is 3.08 bits per heavy atom. The zero-order chi connectivity index (χ0) is 8.72. The topological polar surface area (TPSA) is 64.9 Å². The maximum absolute atomic E-state index is 5.88. The summed E-state index contributed by atoms with van der Waals surface area (Å²) in [6.45, 7) is 1.97. The van der Waals surface area contributed by atoms with Crippen LogP contribution in [0.4, 0.5) is 5.82 Å². The van der Waals surface area contributed by atoms with E-state index in [2.05, 4.69) is 11.1 Å². The third-order valence-corrected chi connectivity index (χ3v) is 2.46. The first-order chi connectivity index (χ1) is 5.68. The van der Waals surface area contributed by atoms with Gasteiger partial charge in [0.25, 0.3) is 0 Å². The molecule has 0 saturated heterocycles. The molecule has 1 unspecified atom stereocenters. The van der Waals surface area contributed by atoms with E-state index in [1.54, 1.807) is 0 Å². The fourth-order valence-corrected chi connectivity index (χ4v) is 1.66. The molecule has 3 nitrogen and oxygen atoms in total. The highest BCUT2D eigenvalue weighted by atomic mass is 14.9. The summed E-state index contributed by atoms with van der Waals surface area (Å²) in [5.74, 6) is 0.642. The van der Waals surface area contributed by atoms with E-state index in [1.807, 2.05) is 6.92 Å². The van der Waals surface area contributed by atoms with Crippen molar-refractivity contribution in [1.29, 1.82) is 0 Å². The van der Waals surface area contributed by atoms with Gasteiger partial charge in [0.2, 0.25) is 0 Å². The fraction of sp³-hybridized carbons (Fsp3) is 0.444. The van der Waals surface area contributed by atoms with Gasteiger partial charge in [-0.25, -0.2) is 4.98 Å². The molecule has 0 amide bonds. The van der Waals surface area contributed by atoms with Crippen molar-refractivity contribution >= 4 is 5.82 Å². The second kappa shape index (κ2) is 2.45. The third-order valence-electron chi connectivity index (χ3n) is 2.46. The van der Waals surface area contributed by atoms with Gasteiger partial charge in [0.05, 0.1) is 0 Å². The summed E-state index contributed by atoms with van der Waals surface area (Å²) < 4.78 is 0. The lowest BCUT2D eigenvalue weighted by molar-refractivity contribution is 0.712. The highest BCUT2D eigenvalue weighted by Crippen LogP contribution is 2.29. The Hall–Kier alpha value is -1.09. The predicted octanol–water partition coefficient (Wildman–Crippen LogP) is 0.918. The Labute approximate surface area is 71.8 Å². The number of hydrogen-bond acceptors (Lipinski definition) is 3. The number of hydrogen-bond donors (Lipinski definition) is 2. The molecule has 0 bridgehead atoms. The van der Waals surface area contributed by atoms with Gasteiger partial charge in [0.15, 0.2) is 0 Å². The first kappa shape index (κ1) is 7.55. The predicted molar refractivity (Wildman–Crippen MR) is 48.6 cm³/mol. The second-order valence-corrected chi connectivity index (χ2v) is 3.37. The molecule has 64 valence electrons. The summed E-state index contributed by atoms with van der Waals surface area (Å²) >= 11 is 0. The van der Waals surface area contributed by atoms with E-state index >= 15 is 0 Å². The number of nitrogens with two attached hydrogens (primary N) is 2. The summed E-state index contributed by atoms with van der Waals surface area (Å²) in [6.07, 6.45) is 1.98. The minimum atomic E-state index is 0.173. The van der Waals surface area contributed by atoms with Crippen molar-refractivity contribution in [1.82, 2.24) is 4.98 Å². The van der Waals surface area contributed by atoms with Crippen LogP contribution in [0.3, 0.4) is 0 Å². The molecule has 1 aliphatic carbocycles. The molecule has 0 radical (unpaired) electrons. The molecule has 0 aromatic carbocycles. The third kappa shape index (κ3) is 0.975. The lowest BCUT2D eigenvalue weighted by Crippen LogP contribution is -2.06. The summed E-state index contributed by atoms with van der Waals surface area (Å²) in [7, 11) is 0. The average Bonchev–Trinajstić information content (AvgIpc) is 2.35. The van der Waals surface area contributed by atoms with Crippen LogP contribution in [0.25, 0.3) is 0 Å². The summed E-state index contributed by atoms with van der Waals surface area (Å²) in [6, 6.07) is 2.24. The van der Waals surface area contributed by atoms with Gasteiger partial charge in [-0.1, -0.05) is 0 Å². The van der Waals surface area contributed by atoms with Gasteiger partial charge in [0, 0.05) is 11.7 Å². The zero-order valence-corrected chi connectivity index (χ0v) is 7.17. The molecule has 1 aromatic rings. The number of nitrogen functional groups attached to an aromatic ring is 1. The van der Waals surface area contributed by atoms with Crippen LogP contribution in [0.15, 0.2) is 6.07 Å². The lowest BCUT2D eigenvalue weighted by atomic mass is 10.1. The van der Waals surface area contributed by atoms with E-state index in [-0.39, 0.29) is 6.04 Å². The smallest absolute Gasteiger partial charge is 0.126 e. The van der Waals surface area contributed by atoms with Crippen molar-refractivity contribution in [2.45, 2.75) is 25.8 Å². The number of fused-ring (bicyclic) bond motifs is 1. The Morgan fingerprint density at radius 1 is 1.58 bits per heavy atom. The normalized spacial score (nSPS) is 21.0. The fourth-order valence-electron chi connectivity index (χ4n) is 1.66. The van der Waals surface area contributed by atoms with Crippen molar-refractivity contribution in [2.75, 3.05) is 5.73 Å². The monoisotopic (exact) mass is 163 g/mol. The molecule has 2 rings (SSSR count). The Balaban J connectivity index is 2.56. The zero-order valence-electron chi connectivity index (χ0n) is 7.17. The van der Waals surface area contributed by atoms with E-state index in [0.717, 1.165) is 24.1 Å². The average molecular weight is 163 g/mol. The van der Waals surface area contributed by atoms with Crippen molar-refractivity contribution in [2.24, 2.45) is 5.73 Å². The summed E-state index contributed by atoms with van der Waals surface area (Å²) in [4.78, 5) is 4.30. The molecular formula is C9H13N3. The molecule has 1 heterocycles. The first-order valence-electron chi connectivity index (χ1n) is 4.20. The molecule has 0 aliphatic heterocycles. The first-order valence-corrected chi connectivity index (χ1v) is 4.20. The molecule has 1 aliphatic rings. The number of aromatic nitrogens is 1. The minimum absolute atomic E-state index is 0.173. The highest BCUT2D eigenvalue weighted by molar-refractivity contribution is 5.45. The van der Waals surface area contributed by atoms with E-state index in [9.17, 15) is 0 Å².